The molecule has 4 aromatic rings. The fourth-order valence-corrected chi connectivity index (χ4v) is 3.91. The van der Waals surface area contributed by atoms with E-state index in [0.29, 0.717) is 29.9 Å². The van der Waals surface area contributed by atoms with E-state index in [1.807, 2.05) is 73.0 Å². The largest absolute Gasteiger partial charge is 0.494 e. The third-order valence-corrected chi connectivity index (χ3v) is 5.65. The van der Waals surface area contributed by atoms with Gasteiger partial charge in [0.25, 0.3) is 0 Å². The Labute approximate surface area is 190 Å². The molecule has 0 fully saturated rings. The number of aryl methyl sites for hydroxylation is 1. The van der Waals surface area contributed by atoms with E-state index in [9.17, 15) is 4.79 Å². The van der Waals surface area contributed by atoms with Crippen LogP contribution >= 0.6 is 11.8 Å². The van der Waals surface area contributed by atoms with Crippen molar-refractivity contribution in [2.75, 3.05) is 12.4 Å². The van der Waals surface area contributed by atoms with E-state index in [2.05, 4.69) is 15.5 Å². The van der Waals surface area contributed by atoms with Gasteiger partial charge >= 0.3 is 0 Å². The van der Waals surface area contributed by atoms with Crippen LogP contribution in [0.25, 0.3) is 17.1 Å². The predicted molar refractivity (Wildman–Crippen MR) is 124 cm³/mol. The molecule has 2 aromatic heterocycles. The van der Waals surface area contributed by atoms with Gasteiger partial charge in [0.2, 0.25) is 5.91 Å². The van der Waals surface area contributed by atoms with E-state index >= 15 is 0 Å². The lowest BCUT2D eigenvalue weighted by molar-refractivity contribution is -0.118. The number of benzene rings is 2. The molecule has 0 saturated heterocycles. The molecule has 0 atom stereocenters. The lowest BCUT2D eigenvalue weighted by Gasteiger charge is -2.12. The summed E-state index contributed by atoms with van der Waals surface area (Å²) < 4.78 is 12.8. The molecule has 164 valence electrons. The molecule has 0 aliphatic carbocycles. The smallest absolute Gasteiger partial charge is 0.230 e. The molecule has 0 radical (unpaired) electrons. The van der Waals surface area contributed by atoms with Gasteiger partial charge in [-0.15, -0.1) is 10.2 Å². The number of furan rings is 1. The molecule has 0 saturated carbocycles. The first kappa shape index (κ1) is 21.7. The Morgan fingerprint density at radius 2 is 1.88 bits per heavy atom. The Morgan fingerprint density at radius 3 is 2.56 bits per heavy atom. The summed E-state index contributed by atoms with van der Waals surface area (Å²) >= 11 is 1.34. The van der Waals surface area contributed by atoms with Crippen LogP contribution in [0.3, 0.4) is 0 Å². The second kappa shape index (κ2) is 10.2. The minimum Gasteiger partial charge on any atom is -0.494 e. The van der Waals surface area contributed by atoms with Gasteiger partial charge in [-0.3, -0.25) is 9.36 Å². The standard InChI is InChI=1S/C24H24N4O3S/c1-3-30-20-12-10-19(11-13-20)28-23(18-8-6-17(2)7-9-18)26-27-24(28)32-16-22(29)25-15-21-5-4-14-31-21/h4-14H,3,15-16H2,1-2H3,(H,25,29). The minimum absolute atomic E-state index is 0.107. The highest BCUT2D eigenvalue weighted by atomic mass is 32.2. The molecule has 2 heterocycles. The number of ether oxygens (including phenoxy) is 1. The molecule has 0 aliphatic rings. The number of aromatic nitrogens is 3. The summed E-state index contributed by atoms with van der Waals surface area (Å²) in [4.78, 5) is 12.3. The maximum Gasteiger partial charge on any atom is 0.230 e. The van der Waals surface area contributed by atoms with Crippen molar-refractivity contribution in [2.45, 2.75) is 25.5 Å². The van der Waals surface area contributed by atoms with Crippen LogP contribution in [0.4, 0.5) is 0 Å². The van der Waals surface area contributed by atoms with Crippen LogP contribution < -0.4 is 10.1 Å². The van der Waals surface area contributed by atoms with Crippen molar-refractivity contribution in [1.29, 1.82) is 0 Å². The number of nitrogens with zero attached hydrogens (tertiary/aromatic N) is 3. The maximum atomic E-state index is 12.3. The van der Waals surface area contributed by atoms with Crippen LogP contribution in [0.15, 0.2) is 76.5 Å². The number of carbonyl (C=O) groups is 1. The normalized spacial score (nSPS) is 10.8. The Kier molecular flexibility index (Phi) is 6.91. The second-order valence-electron chi connectivity index (χ2n) is 7.08. The van der Waals surface area contributed by atoms with E-state index in [1.165, 1.54) is 17.3 Å². The average Bonchev–Trinajstić information content (AvgIpc) is 3.48. The van der Waals surface area contributed by atoms with Crippen LogP contribution in [-0.4, -0.2) is 33.0 Å². The van der Waals surface area contributed by atoms with E-state index in [1.54, 1.807) is 12.3 Å². The SMILES string of the molecule is CCOc1ccc(-n2c(SCC(=O)NCc3ccco3)nnc2-c2ccc(C)cc2)cc1. The van der Waals surface area contributed by atoms with Crippen molar-refractivity contribution in [2.24, 2.45) is 0 Å². The van der Waals surface area contributed by atoms with Gasteiger partial charge in [-0.1, -0.05) is 41.6 Å². The van der Waals surface area contributed by atoms with Gasteiger partial charge in [0.1, 0.15) is 11.5 Å². The first-order chi connectivity index (χ1) is 15.6. The van der Waals surface area contributed by atoms with E-state index in [-0.39, 0.29) is 11.7 Å². The number of rotatable bonds is 9. The van der Waals surface area contributed by atoms with Crippen molar-refractivity contribution < 1.29 is 13.9 Å². The maximum absolute atomic E-state index is 12.3. The zero-order valence-corrected chi connectivity index (χ0v) is 18.8. The molecular formula is C24H24N4O3S. The highest BCUT2D eigenvalue weighted by Gasteiger charge is 2.17. The molecule has 4 rings (SSSR count). The van der Waals surface area contributed by atoms with Crippen molar-refractivity contribution >= 4 is 17.7 Å². The highest BCUT2D eigenvalue weighted by Crippen LogP contribution is 2.29. The summed E-state index contributed by atoms with van der Waals surface area (Å²) in [6.07, 6.45) is 1.59. The van der Waals surface area contributed by atoms with Crippen LogP contribution in [0.2, 0.25) is 0 Å². The van der Waals surface area contributed by atoms with E-state index in [4.69, 9.17) is 9.15 Å². The second-order valence-corrected chi connectivity index (χ2v) is 8.02. The van der Waals surface area contributed by atoms with E-state index < -0.39 is 0 Å². The highest BCUT2D eigenvalue weighted by molar-refractivity contribution is 7.99. The molecule has 8 heteroatoms. The van der Waals surface area contributed by atoms with Crippen LogP contribution in [0.5, 0.6) is 5.75 Å². The Morgan fingerprint density at radius 1 is 1.09 bits per heavy atom. The molecule has 32 heavy (non-hydrogen) atoms. The van der Waals surface area contributed by atoms with Gasteiger partial charge in [-0.2, -0.15) is 0 Å². The van der Waals surface area contributed by atoms with E-state index in [0.717, 1.165) is 17.0 Å². The Hall–Kier alpha value is -3.52. The zero-order chi connectivity index (χ0) is 22.3. The van der Waals surface area contributed by atoms with Crippen LogP contribution in [0.1, 0.15) is 18.2 Å². The van der Waals surface area contributed by atoms with Gasteiger partial charge in [0, 0.05) is 11.3 Å². The molecule has 0 bridgehead atoms. The number of nitrogens with one attached hydrogen (secondary N) is 1. The quantitative estimate of drug-likeness (QED) is 0.376. The summed E-state index contributed by atoms with van der Waals surface area (Å²) in [5.74, 6) is 2.33. The minimum atomic E-state index is -0.107. The van der Waals surface area contributed by atoms with Crippen molar-refractivity contribution in [3.05, 3.63) is 78.3 Å². The number of hydrogen-bond acceptors (Lipinski definition) is 6. The molecule has 7 nitrogen and oxygen atoms in total. The number of hydrogen-bond donors (Lipinski definition) is 1. The van der Waals surface area contributed by atoms with Crippen LogP contribution in [-0.2, 0) is 11.3 Å². The summed E-state index contributed by atoms with van der Waals surface area (Å²) in [6.45, 7) is 4.96. The lowest BCUT2D eigenvalue weighted by Crippen LogP contribution is -2.24. The third-order valence-electron chi connectivity index (χ3n) is 4.72. The average molecular weight is 449 g/mol. The summed E-state index contributed by atoms with van der Waals surface area (Å²) in [6, 6.07) is 19.5. The molecule has 1 N–H and O–H groups in total. The number of thioether (sulfide) groups is 1. The van der Waals surface area contributed by atoms with Gasteiger partial charge in [-0.25, -0.2) is 0 Å². The topological polar surface area (TPSA) is 82.2 Å². The Balaban J connectivity index is 1.57. The lowest BCUT2D eigenvalue weighted by atomic mass is 10.1. The third kappa shape index (κ3) is 5.20. The monoisotopic (exact) mass is 448 g/mol. The first-order valence-corrected chi connectivity index (χ1v) is 11.3. The van der Waals surface area contributed by atoms with Crippen LogP contribution in [0, 0.1) is 6.92 Å². The molecular weight excluding hydrogens is 424 g/mol. The summed E-state index contributed by atoms with van der Waals surface area (Å²) in [7, 11) is 0. The van der Waals surface area contributed by atoms with Gasteiger partial charge in [0.15, 0.2) is 11.0 Å². The summed E-state index contributed by atoms with van der Waals surface area (Å²) in [5, 5.41) is 12.3. The van der Waals surface area contributed by atoms with Gasteiger partial charge < -0.3 is 14.5 Å². The summed E-state index contributed by atoms with van der Waals surface area (Å²) in [5.41, 5.74) is 3.02. The predicted octanol–water partition coefficient (Wildman–Crippen LogP) is 4.64. The first-order valence-electron chi connectivity index (χ1n) is 10.3. The Bertz CT molecular complexity index is 1150. The molecule has 2 aromatic carbocycles. The van der Waals surface area contributed by atoms with Crippen molar-refractivity contribution in [1.82, 2.24) is 20.1 Å². The molecule has 1 amide bonds. The fraction of sp³-hybridized carbons (Fsp3) is 0.208. The number of amides is 1. The number of carbonyl (C=O) groups excluding carboxylic acids is 1. The van der Waals surface area contributed by atoms with Crippen molar-refractivity contribution in [3.63, 3.8) is 0 Å². The zero-order valence-electron chi connectivity index (χ0n) is 17.9. The van der Waals surface area contributed by atoms with Crippen molar-refractivity contribution in [3.8, 4) is 22.8 Å². The van der Waals surface area contributed by atoms with Gasteiger partial charge in [0.05, 0.1) is 25.2 Å². The van der Waals surface area contributed by atoms with Gasteiger partial charge in [-0.05, 0) is 50.2 Å². The molecule has 0 unspecified atom stereocenters. The fourth-order valence-electron chi connectivity index (χ4n) is 3.12. The molecule has 0 aliphatic heterocycles. The molecule has 0 spiro atoms.